The normalized spacial score (nSPS) is 18.7. The molecule has 2 rings (SSSR count). The van der Waals surface area contributed by atoms with Gasteiger partial charge in [0.05, 0.1) is 18.6 Å². The maximum atomic E-state index is 11.3. The fourth-order valence-electron chi connectivity index (χ4n) is 2.56. The third-order valence-electron chi connectivity index (χ3n) is 3.82. The summed E-state index contributed by atoms with van der Waals surface area (Å²) in [6.45, 7) is 4.50. The molecule has 1 aromatic rings. The lowest BCUT2D eigenvalue weighted by Gasteiger charge is -2.38. The number of likely N-dealkylation sites (tertiary alicyclic amines) is 1. The number of hydrogen-bond acceptors (Lipinski definition) is 5. The summed E-state index contributed by atoms with van der Waals surface area (Å²) < 4.78 is 4.92. The number of carbonyl (C=O) groups is 1. The quantitative estimate of drug-likeness (QED) is 0.823. The van der Waals surface area contributed by atoms with Gasteiger partial charge in [-0.25, -0.2) is 0 Å². The zero-order valence-corrected chi connectivity index (χ0v) is 11.9. The summed E-state index contributed by atoms with van der Waals surface area (Å²) in [5, 5.41) is 10.7. The number of rotatable bonds is 5. The molecule has 5 nitrogen and oxygen atoms in total. The number of hydrogen-bond donors (Lipinski definition) is 1. The Morgan fingerprint density at radius 1 is 1.50 bits per heavy atom. The Balaban J connectivity index is 1.82. The van der Waals surface area contributed by atoms with E-state index in [4.69, 9.17) is 4.74 Å². The average Bonchev–Trinajstić information content (AvgIpc) is 2.48. The lowest BCUT2D eigenvalue weighted by atomic mass is 9.85. The molecule has 0 unspecified atom stereocenters. The average molecular weight is 278 g/mol. The Morgan fingerprint density at radius 2 is 2.25 bits per heavy atom. The van der Waals surface area contributed by atoms with E-state index in [0.29, 0.717) is 32.4 Å². The molecule has 0 aliphatic carbocycles. The second kappa shape index (κ2) is 6.81. The van der Waals surface area contributed by atoms with Crippen molar-refractivity contribution in [3.63, 3.8) is 0 Å². The van der Waals surface area contributed by atoms with Crippen LogP contribution in [0, 0.1) is 0 Å². The number of ether oxygens (including phenoxy) is 1. The standard InChI is InChI=1S/C15H22N2O3/c1-2-20-14(18)5-9-17-10-6-15(19,7-11-17)13-4-3-8-16-12-13/h3-4,8,12,19H,2,5-7,9-11H2,1H3. The first kappa shape index (κ1) is 14.9. The van der Waals surface area contributed by atoms with E-state index in [1.807, 2.05) is 19.1 Å². The summed E-state index contributed by atoms with van der Waals surface area (Å²) >= 11 is 0. The number of nitrogens with zero attached hydrogens (tertiary/aromatic N) is 2. The van der Waals surface area contributed by atoms with Crippen molar-refractivity contribution in [3.05, 3.63) is 30.1 Å². The Kier molecular flexibility index (Phi) is 5.09. The number of piperidine rings is 1. The van der Waals surface area contributed by atoms with Crippen LogP contribution >= 0.6 is 0 Å². The van der Waals surface area contributed by atoms with Crippen molar-refractivity contribution in [3.8, 4) is 0 Å². The summed E-state index contributed by atoms with van der Waals surface area (Å²) in [4.78, 5) is 17.6. The van der Waals surface area contributed by atoms with Gasteiger partial charge in [-0.15, -0.1) is 0 Å². The van der Waals surface area contributed by atoms with Gasteiger partial charge in [-0.05, 0) is 25.8 Å². The van der Waals surface area contributed by atoms with Gasteiger partial charge in [0, 0.05) is 37.6 Å². The maximum absolute atomic E-state index is 11.3. The number of carbonyl (C=O) groups excluding carboxylic acids is 1. The fraction of sp³-hybridized carbons (Fsp3) is 0.600. The zero-order chi connectivity index (χ0) is 14.4. The third-order valence-corrected chi connectivity index (χ3v) is 3.82. The summed E-state index contributed by atoms with van der Waals surface area (Å²) in [5.41, 5.74) is 0.0966. The molecule has 110 valence electrons. The second-order valence-corrected chi connectivity index (χ2v) is 5.17. The predicted octanol–water partition coefficient (Wildman–Crippen LogP) is 1.32. The minimum absolute atomic E-state index is 0.152. The molecule has 0 aromatic carbocycles. The van der Waals surface area contributed by atoms with Crippen molar-refractivity contribution in [2.75, 3.05) is 26.2 Å². The first-order valence-electron chi connectivity index (χ1n) is 7.15. The SMILES string of the molecule is CCOC(=O)CCN1CCC(O)(c2cccnc2)CC1. The molecular weight excluding hydrogens is 256 g/mol. The molecule has 5 heteroatoms. The van der Waals surface area contributed by atoms with Gasteiger partial charge in [0.25, 0.3) is 0 Å². The van der Waals surface area contributed by atoms with Crippen LogP contribution in [0.5, 0.6) is 0 Å². The van der Waals surface area contributed by atoms with E-state index < -0.39 is 5.60 Å². The molecule has 0 amide bonds. The van der Waals surface area contributed by atoms with Gasteiger partial charge in [0.15, 0.2) is 0 Å². The summed E-state index contributed by atoms with van der Waals surface area (Å²) in [6, 6.07) is 3.77. The van der Waals surface area contributed by atoms with Gasteiger partial charge in [0.2, 0.25) is 0 Å². The van der Waals surface area contributed by atoms with Crippen LogP contribution in [-0.2, 0) is 15.1 Å². The lowest BCUT2D eigenvalue weighted by Crippen LogP contribution is -2.43. The van der Waals surface area contributed by atoms with Crippen molar-refractivity contribution in [2.24, 2.45) is 0 Å². The number of pyridine rings is 1. The molecule has 1 fully saturated rings. The van der Waals surface area contributed by atoms with Crippen LogP contribution in [0.4, 0.5) is 0 Å². The number of aromatic nitrogens is 1. The second-order valence-electron chi connectivity index (χ2n) is 5.17. The van der Waals surface area contributed by atoms with E-state index in [1.54, 1.807) is 12.4 Å². The van der Waals surface area contributed by atoms with Crippen molar-refractivity contribution in [1.82, 2.24) is 9.88 Å². The van der Waals surface area contributed by atoms with Crippen LogP contribution in [0.25, 0.3) is 0 Å². The molecule has 2 heterocycles. The summed E-state index contributed by atoms with van der Waals surface area (Å²) in [7, 11) is 0. The van der Waals surface area contributed by atoms with E-state index in [1.165, 1.54) is 0 Å². The highest BCUT2D eigenvalue weighted by molar-refractivity contribution is 5.69. The van der Waals surface area contributed by atoms with Crippen LogP contribution in [-0.4, -0.2) is 47.2 Å². The molecule has 0 radical (unpaired) electrons. The minimum atomic E-state index is -0.783. The van der Waals surface area contributed by atoms with Crippen molar-refractivity contribution >= 4 is 5.97 Å². The summed E-state index contributed by atoms with van der Waals surface area (Å²) in [6.07, 6.45) is 5.19. The van der Waals surface area contributed by atoms with E-state index in [9.17, 15) is 9.90 Å². The van der Waals surface area contributed by atoms with Gasteiger partial charge in [-0.2, -0.15) is 0 Å². The minimum Gasteiger partial charge on any atom is -0.466 e. The largest absolute Gasteiger partial charge is 0.466 e. The molecule has 0 spiro atoms. The Hall–Kier alpha value is -1.46. The van der Waals surface area contributed by atoms with Crippen LogP contribution in [0.3, 0.4) is 0 Å². The molecule has 1 aliphatic rings. The highest BCUT2D eigenvalue weighted by atomic mass is 16.5. The van der Waals surface area contributed by atoms with Crippen LogP contribution < -0.4 is 0 Å². The van der Waals surface area contributed by atoms with Crippen LogP contribution in [0.15, 0.2) is 24.5 Å². The van der Waals surface area contributed by atoms with E-state index in [0.717, 1.165) is 18.7 Å². The molecule has 0 atom stereocenters. The number of aliphatic hydroxyl groups is 1. The Labute approximate surface area is 119 Å². The molecule has 1 saturated heterocycles. The maximum Gasteiger partial charge on any atom is 0.307 e. The zero-order valence-electron chi connectivity index (χ0n) is 11.9. The molecule has 0 bridgehead atoms. The lowest BCUT2D eigenvalue weighted by molar-refractivity contribution is -0.143. The van der Waals surface area contributed by atoms with Crippen molar-refractivity contribution < 1.29 is 14.6 Å². The van der Waals surface area contributed by atoms with Crippen molar-refractivity contribution in [1.29, 1.82) is 0 Å². The van der Waals surface area contributed by atoms with Crippen LogP contribution in [0.2, 0.25) is 0 Å². The van der Waals surface area contributed by atoms with Gasteiger partial charge in [-0.3, -0.25) is 9.78 Å². The van der Waals surface area contributed by atoms with Gasteiger partial charge >= 0.3 is 5.97 Å². The molecule has 1 aromatic heterocycles. The first-order valence-corrected chi connectivity index (χ1v) is 7.15. The molecule has 20 heavy (non-hydrogen) atoms. The summed E-state index contributed by atoms with van der Waals surface area (Å²) in [5.74, 6) is -0.152. The Morgan fingerprint density at radius 3 is 2.85 bits per heavy atom. The molecule has 1 N–H and O–H groups in total. The monoisotopic (exact) mass is 278 g/mol. The van der Waals surface area contributed by atoms with E-state index in [-0.39, 0.29) is 5.97 Å². The highest BCUT2D eigenvalue weighted by Gasteiger charge is 2.34. The molecule has 1 aliphatic heterocycles. The van der Waals surface area contributed by atoms with Gasteiger partial charge < -0.3 is 14.7 Å². The smallest absolute Gasteiger partial charge is 0.307 e. The molecule has 0 saturated carbocycles. The highest BCUT2D eigenvalue weighted by Crippen LogP contribution is 2.32. The van der Waals surface area contributed by atoms with Gasteiger partial charge in [-0.1, -0.05) is 6.07 Å². The van der Waals surface area contributed by atoms with Crippen molar-refractivity contribution in [2.45, 2.75) is 31.8 Å². The van der Waals surface area contributed by atoms with Gasteiger partial charge in [0.1, 0.15) is 0 Å². The molecular formula is C15H22N2O3. The third kappa shape index (κ3) is 3.77. The van der Waals surface area contributed by atoms with Crippen LogP contribution in [0.1, 0.15) is 31.7 Å². The first-order chi connectivity index (χ1) is 9.64. The van der Waals surface area contributed by atoms with E-state index >= 15 is 0 Å². The predicted molar refractivity (Wildman–Crippen MR) is 75.1 cm³/mol. The Bertz CT molecular complexity index is 428. The fourth-order valence-corrected chi connectivity index (χ4v) is 2.56. The number of esters is 1. The topological polar surface area (TPSA) is 62.7 Å². The van der Waals surface area contributed by atoms with E-state index in [2.05, 4.69) is 9.88 Å².